The van der Waals surface area contributed by atoms with E-state index in [0.29, 0.717) is 5.92 Å². The zero-order valence-corrected chi connectivity index (χ0v) is 19.7. The third-order valence-electron chi connectivity index (χ3n) is 7.10. The topological polar surface area (TPSA) is 49.7 Å². The highest BCUT2D eigenvalue weighted by Crippen LogP contribution is 2.29. The number of benzene rings is 2. The monoisotopic (exact) mass is 439 g/mol. The molecule has 33 heavy (non-hydrogen) atoms. The molecule has 170 valence electrons. The zero-order chi connectivity index (χ0) is 22.6. The maximum Gasteiger partial charge on any atom is 0.123 e. The highest BCUT2D eigenvalue weighted by molar-refractivity contribution is 5.85. The van der Waals surface area contributed by atoms with E-state index in [-0.39, 0.29) is 0 Å². The number of aromatic nitrogens is 4. The van der Waals surface area contributed by atoms with Crippen molar-refractivity contribution in [2.24, 2.45) is 0 Å². The molecule has 2 aromatic carbocycles. The number of nitrogens with zero attached hydrogens (tertiary/aromatic N) is 4. The van der Waals surface area contributed by atoms with E-state index in [9.17, 15) is 0 Å². The number of hydrogen-bond acceptors (Lipinski definition) is 3. The van der Waals surface area contributed by atoms with Gasteiger partial charge in [-0.3, -0.25) is 9.47 Å². The molecule has 2 aromatic heterocycles. The van der Waals surface area contributed by atoms with Crippen molar-refractivity contribution in [2.45, 2.75) is 45.4 Å². The summed E-state index contributed by atoms with van der Waals surface area (Å²) in [5, 5.41) is 9.16. The molecule has 0 spiro atoms. The van der Waals surface area contributed by atoms with Gasteiger partial charge in [0, 0.05) is 35.9 Å². The summed E-state index contributed by atoms with van der Waals surface area (Å²) in [6.07, 6.45) is 10.3. The fourth-order valence-electron chi connectivity index (χ4n) is 5.13. The van der Waals surface area contributed by atoms with E-state index in [1.807, 2.05) is 4.57 Å². The second-order valence-corrected chi connectivity index (χ2v) is 9.44. The van der Waals surface area contributed by atoms with Crippen LogP contribution in [0.25, 0.3) is 16.6 Å². The lowest BCUT2D eigenvalue weighted by atomic mass is 9.88. The van der Waals surface area contributed by atoms with Crippen molar-refractivity contribution in [3.8, 4) is 5.69 Å². The van der Waals surface area contributed by atoms with Crippen LogP contribution >= 0.6 is 0 Å². The van der Waals surface area contributed by atoms with Gasteiger partial charge in [0.1, 0.15) is 12.7 Å². The van der Waals surface area contributed by atoms with Gasteiger partial charge in [-0.2, -0.15) is 0 Å². The predicted molar refractivity (Wildman–Crippen MR) is 135 cm³/mol. The third-order valence-corrected chi connectivity index (χ3v) is 7.10. The van der Waals surface area contributed by atoms with Crippen molar-refractivity contribution in [2.75, 3.05) is 19.6 Å². The number of aryl methyl sites for hydroxylation is 1. The van der Waals surface area contributed by atoms with E-state index in [0.717, 1.165) is 25.2 Å². The summed E-state index contributed by atoms with van der Waals surface area (Å²) in [5.74, 6) is 0.590. The second-order valence-electron chi connectivity index (χ2n) is 9.44. The molecule has 1 N–H and O–H groups in total. The normalized spacial score (nSPS) is 15.9. The maximum atomic E-state index is 3.93. The molecule has 0 unspecified atom stereocenters. The quantitative estimate of drug-likeness (QED) is 0.348. The molecule has 3 heterocycles. The average molecular weight is 440 g/mol. The molecule has 0 fully saturated rings. The molecule has 0 aliphatic carbocycles. The lowest BCUT2D eigenvalue weighted by molar-refractivity contribution is 0.279. The minimum Gasteiger partial charge on any atom is -0.361 e. The number of hydrogen-bond donors (Lipinski definition) is 1. The Morgan fingerprint density at radius 3 is 2.67 bits per heavy atom. The molecule has 5 nitrogen and oxygen atoms in total. The van der Waals surface area contributed by atoms with Crippen LogP contribution in [0, 0.1) is 0 Å². The summed E-state index contributed by atoms with van der Waals surface area (Å²) in [5.41, 5.74) is 8.38. The standard InChI is InChI=1S/C28H33N5/c1-21(23-7-4-3-5-8-23)15-24-12-14-32(18-22(24)2)13-6-9-25-17-29-28-11-10-26(16-27(25)28)33-19-30-31-20-33/h3-5,7-8,10-11,16-17,19-21,29H,6,9,12-15,18H2,1-2H3/t21-/m1/s1. The summed E-state index contributed by atoms with van der Waals surface area (Å²) in [4.78, 5) is 6.06. The molecule has 4 aromatic rings. The number of fused-ring (bicyclic) bond motifs is 1. The highest BCUT2D eigenvalue weighted by atomic mass is 15.2. The molecule has 0 radical (unpaired) electrons. The minimum atomic E-state index is 0.590. The van der Waals surface area contributed by atoms with Gasteiger partial charge < -0.3 is 4.98 Å². The number of rotatable bonds is 8. The van der Waals surface area contributed by atoms with E-state index in [4.69, 9.17) is 0 Å². The van der Waals surface area contributed by atoms with Crippen LogP contribution in [0.1, 0.15) is 50.2 Å². The summed E-state index contributed by atoms with van der Waals surface area (Å²) < 4.78 is 1.95. The molecule has 5 rings (SSSR count). The first-order valence-electron chi connectivity index (χ1n) is 12.1. The smallest absolute Gasteiger partial charge is 0.123 e. The van der Waals surface area contributed by atoms with Gasteiger partial charge in [-0.1, -0.05) is 48.4 Å². The molecule has 5 heteroatoms. The van der Waals surface area contributed by atoms with Crippen LogP contribution in [0.15, 0.2) is 78.5 Å². The van der Waals surface area contributed by atoms with Gasteiger partial charge in [0.15, 0.2) is 0 Å². The second kappa shape index (κ2) is 9.75. The number of H-pyrrole nitrogens is 1. The van der Waals surface area contributed by atoms with Gasteiger partial charge in [0.2, 0.25) is 0 Å². The van der Waals surface area contributed by atoms with E-state index in [2.05, 4.69) is 88.7 Å². The van der Waals surface area contributed by atoms with Gasteiger partial charge in [0.25, 0.3) is 0 Å². The van der Waals surface area contributed by atoms with Crippen LogP contribution in [0.3, 0.4) is 0 Å². The Hall–Kier alpha value is -3.18. The summed E-state index contributed by atoms with van der Waals surface area (Å²) in [7, 11) is 0. The van der Waals surface area contributed by atoms with E-state index in [1.54, 1.807) is 23.8 Å². The Morgan fingerprint density at radius 1 is 1.06 bits per heavy atom. The van der Waals surface area contributed by atoms with Gasteiger partial charge in [-0.15, -0.1) is 10.2 Å². The Balaban J connectivity index is 1.17. The number of nitrogens with one attached hydrogen (secondary N) is 1. The number of aromatic amines is 1. The van der Waals surface area contributed by atoms with Crippen LogP contribution in [0.2, 0.25) is 0 Å². The first-order valence-corrected chi connectivity index (χ1v) is 12.1. The lowest BCUT2D eigenvalue weighted by Gasteiger charge is -2.31. The van der Waals surface area contributed by atoms with Crippen molar-refractivity contribution in [3.05, 3.63) is 89.7 Å². The fourth-order valence-corrected chi connectivity index (χ4v) is 5.13. The largest absolute Gasteiger partial charge is 0.361 e. The first-order chi connectivity index (χ1) is 16.2. The summed E-state index contributed by atoms with van der Waals surface area (Å²) in [6, 6.07) is 17.4. The van der Waals surface area contributed by atoms with Crippen molar-refractivity contribution in [1.82, 2.24) is 24.6 Å². The van der Waals surface area contributed by atoms with Gasteiger partial charge in [-0.25, -0.2) is 0 Å². The van der Waals surface area contributed by atoms with Gasteiger partial charge in [-0.05, 0) is 74.4 Å². The Labute approximate surface area is 196 Å². The van der Waals surface area contributed by atoms with E-state index >= 15 is 0 Å². The van der Waals surface area contributed by atoms with Crippen molar-refractivity contribution < 1.29 is 0 Å². The maximum absolute atomic E-state index is 3.93. The minimum absolute atomic E-state index is 0.590. The fraction of sp³-hybridized carbons (Fsp3) is 0.357. The van der Waals surface area contributed by atoms with Crippen LogP contribution in [-0.4, -0.2) is 44.3 Å². The molecule has 0 saturated heterocycles. The molecule has 1 atom stereocenters. The molecule has 0 bridgehead atoms. The summed E-state index contributed by atoms with van der Waals surface area (Å²) >= 11 is 0. The molecular weight excluding hydrogens is 406 g/mol. The van der Waals surface area contributed by atoms with Gasteiger partial charge in [0.05, 0.1) is 0 Å². The van der Waals surface area contributed by atoms with E-state index in [1.165, 1.54) is 47.8 Å². The Morgan fingerprint density at radius 2 is 1.88 bits per heavy atom. The Kier molecular flexibility index (Phi) is 6.40. The third kappa shape index (κ3) is 4.93. The van der Waals surface area contributed by atoms with Crippen LogP contribution in [-0.2, 0) is 6.42 Å². The first kappa shape index (κ1) is 21.7. The highest BCUT2D eigenvalue weighted by Gasteiger charge is 2.18. The molecular formula is C28H33N5. The lowest BCUT2D eigenvalue weighted by Crippen LogP contribution is -2.32. The molecule has 0 saturated carbocycles. The predicted octanol–water partition coefficient (Wildman–Crippen LogP) is 5.90. The van der Waals surface area contributed by atoms with Crippen LogP contribution in [0.4, 0.5) is 0 Å². The average Bonchev–Trinajstić information content (AvgIpc) is 3.51. The van der Waals surface area contributed by atoms with Crippen LogP contribution < -0.4 is 0 Å². The molecule has 0 amide bonds. The Bertz CT molecular complexity index is 1220. The molecule has 1 aliphatic heterocycles. The summed E-state index contributed by atoms with van der Waals surface area (Å²) in [6.45, 7) is 8.14. The van der Waals surface area contributed by atoms with Crippen molar-refractivity contribution >= 4 is 10.9 Å². The zero-order valence-electron chi connectivity index (χ0n) is 19.7. The molecule has 1 aliphatic rings. The SMILES string of the molecule is CC1=C(C[C@@H](C)c2ccccc2)CCN(CCCc2c[nH]c3ccc(-n4cnnc4)cc23)C1. The van der Waals surface area contributed by atoms with Crippen LogP contribution in [0.5, 0.6) is 0 Å². The van der Waals surface area contributed by atoms with Crippen molar-refractivity contribution in [1.29, 1.82) is 0 Å². The van der Waals surface area contributed by atoms with E-state index < -0.39 is 0 Å². The van der Waals surface area contributed by atoms with Gasteiger partial charge >= 0.3 is 0 Å². The van der Waals surface area contributed by atoms with Crippen molar-refractivity contribution in [3.63, 3.8) is 0 Å².